The Bertz CT molecular complexity index is 757. The molecule has 0 aromatic heterocycles. The highest BCUT2D eigenvalue weighted by atomic mass is 16.5. The first-order chi connectivity index (χ1) is 11.7. The van der Waals surface area contributed by atoms with Crippen molar-refractivity contribution in [1.29, 1.82) is 0 Å². The number of amidine groups is 1. The molecule has 0 radical (unpaired) electrons. The summed E-state index contributed by atoms with van der Waals surface area (Å²) in [5.74, 6) is -1.47. The fraction of sp³-hybridized carbons (Fsp3) is 0.211. The predicted octanol–water partition coefficient (Wildman–Crippen LogP) is 2.48. The van der Waals surface area contributed by atoms with Gasteiger partial charge < -0.3 is 10.1 Å². The van der Waals surface area contributed by atoms with Crippen molar-refractivity contribution in [3.63, 3.8) is 0 Å². The maximum absolute atomic E-state index is 12.6. The summed E-state index contributed by atoms with van der Waals surface area (Å²) in [6.45, 7) is 1.94. The zero-order valence-electron chi connectivity index (χ0n) is 13.3. The van der Waals surface area contributed by atoms with Gasteiger partial charge in [0.2, 0.25) is 5.91 Å². The van der Waals surface area contributed by atoms with Crippen LogP contribution in [0, 0.1) is 5.92 Å². The lowest BCUT2D eigenvalue weighted by Gasteiger charge is -2.28. The fourth-order valence-corrected chi connectivity index (χ4v) is 2.71. The molecule has 3 rings (SSSR count). The monoisotopic (exact) mass is 322 g/mol. The second-order valence-electron chi connectivity index (χ2n) is 5.42. The van der Waals surface area contributed by atoms with Crippen LogP contribution in [0.15, 0.2) is 65.7 Å². The predicted molar refractivity (Wildman–Crippen MR) is 90.4 cm³/mol. The first kappa shape index (κ1) is 15.9. The summed E-state index contributed by atoms with van der Waals surface area (Å²) in [5.41, 5.74) is 1.60. The van der Waals surface area contributed by atoms with Crippen LogP contribution in [0.5, 0.6) is 0 Å². The molecule has 1 heterocycles. The first-order valence-corrected chi connectivity index (χ1v) is 7.86. The highest BCUT2D eigenvalue weighted by Crippen LogP contribution is 2.31. The minimum absolute atomic E-state index is 0.222. The van der Waals surface area contributed by atoms with Crippen molar-refractivity contribution >= 4 is 17.7 Å². The van der Waals surface area contributed by atoms with Crippen molar-refractivity contribution < 1.29 is 14.3 Å². The van der Waals surface area contributed by atoms with Crippen LogP contribution in [0.3, 0.4) is 0 Å². The molecule has 5 nitrogen and oxygen atoms in total. The summed E-state index contributed by atoms with van der Waals surface area (Å²) in [4.78, 5) is 29.5. The van der Waals surface area contributed by atoms with Crippen LogP contribution in [0.4, 0.5) is 0 Å². The number of nitrogens with zero attached hydrogens (tertiary/aromatic N) is 1. The molecule has 0 unspecified atom stereocenters. The first-order valence-electron chi connectivity index (χ1n) is 7.86. The third-order valence-corrected chi connectivity index (χ3v) is 3.84. The molecule has 1 aliphatic heterocycles. The number of hydrogen-bond acceptors (Lipinski definition) is 4. The molecule has 1 amide bonds. The van der Waals surface area contributed by atoms with Crippen LogP contribution in [0.1, 0.15) is 24.1 Å². The summed E-state index contributed by atoms with van der Waals surface area (Å²) in [5, 5.41) is 2.73. The van der Waals surface area contributed by atoms with Gasteiger partial charge >= 0.3 is 5.97 Å². The normalized spacial score (nSPS) is 20.0. The molecule has 0 bridgehead atoms. The number of esters is 1. The van der Waals surface area contributed by atoms with Gasteiger partial charge in [-0.15, -0.1) is 0 Å². The van der Waals surface area contributed by atoms with E-state index in [0.717, 1.165) is 11.1 Å². The minimum Gasteiger partial charge on any atom is -0.465 e. The molecular formula is C19H18N2O3. The van der Waals surface area contributed by atoms with Gasteiger partial charge in [-0.05, 0) is 12.5 Å². The molecule has 1 N–H and O–H groups in total. The fourth-order valence-electron chi connectivity index (χ4n) is 2.71. The van der Waals surface area contributed by atoms with Crippen molar-refractivity contribution in [3.8, 4) is 0 Å². The third-order valence-electron chi connectivity index (χ3n) is 3.84. The van der Waals surface area contributed by atoms with Gasteiger partial charge in [-0.1, -0.05) is 60.7 Å². The van der Waals surface area contributed by atoms with Gasteiger partial charge in [0, 0.05) is 5.56 Å². The standard InChI is InChI=1S/C19H18N2O3/c1-2-24-19(23)15-16(13-9-5-3-6-10-13)20-17(21-18(15)22)14-11-7-4-8-12-14/h3-12,15-16H,2H2,1H3,(H,20,21,22)/t15-,16-/m0/s1. The molecule has 2 aromatic rings. The number of rotatable bonds is 4. The number of nitrogens with one attached hydrogen (secondary N) is 1. The second kappa shape index (κ2) is 7.08. The van der Waals surface area contributed by atoms with Crippen LogP contribution >= 0.6 is 0 Å². The van der Waals surface area contributed by atoms with Gasteiger partial charge in [0.15, 0.2) is 5.92 Å². The Morgan fingerprint density at radius 1 is 1.08 bits per heavy atom. The molecule has 0 spiro atoms. The Labute approximate surface area is 140 Å². The molecule has 0 aliphatic carbocycles. The number of carbonyl (C=O) groups is 2. The van der Waals surface area contributed by atoms with E-state index in [4.69, 9.17) is 4.74 Å². The van der Waals surface area contributed by atoms with Gasteiger partial charge in [-0.3, -0.25) is 14.6 Å². The van der Waals surface area contributed by atoms with E-state index in [0.29, 0.717) is 5.84 Å². The maximum atomic E-state index is 12.6. The van der Waals surface area contributed by atoms with Crippen molar-refractivity contribution in [2.75, 3.05) is 6.61 Å². The summed E-state index contributed by atoms with van der Waals surface area (Å²) in [6, 6.07) is 18.1. The average molecular weight is 322 g/mol. The van der Waals surface area contributed by atoms with Gasteiger partial charge in [-0.2, -0.15) is 0 Å². The molecule has 0 saturated heterocycles. The highest BCUT2D eigenvalue weighted by Gasteiger charge is 2.41. The topological polar surface area (TPSA) is 67.8 Å². The van der Waals surface area contributed by atoms with E-state index < -0.39 is 23.8 Å². The Kier molecular flexibility index (Phi) is 4.70. The van der Waals surface area contributed by atoms with Crippen LogP contribution in [-0.4, -0.2) is 24.3 Å². The zero-order valence-corrected chi connectivity index (χ0v) is 13.3. The Hall–Kier alpha value is -2.95. The number of aliphatic imine (C=N–C) groups is 1. The van der Waals surface area contributed by atoms with Gasteiger partial charge in [0.05, 0.1) is 12.6 Å². The number of benzene rings is 2. The molecule has 2 aromatic carbocycles. The lowest BCUT2D eigenvalue weighted by Crippen LogP contribution is -2.47. The van der Waals surface area contributed by atoms with E-state index >= 15 is 0 Å². The average Bonchev–Trinajstić information content (AvgIpc) is 2.62. The second-order valence-corrected chi connectivity index (χ2v) is 5.42. The van der Waals surface area contributed by atoms with E-state index in [1.165, 1.54) is 0 Å². The Morgan fingerprint density at radius 2 is 1.71 bits per heavy atom. The minimum atomic E-state index is -0.986. The molecule has 5 heteroatoms. The molecule has 1 aliphatic rings. The molecule has 24 heavy (non-hydrogen) atoms. The molecule has 2 atom stereocenters. The van der Waals surface area contributed by atoms with Crippen LogP contribution in [0.25, 0.3) is 0 Å². The lowest BCUT2D eigenvalue weighted by atomic mass is 9.90. The molecular weight excluding hydrogens is 304 g/mol. The highest BCUT2D eigenvalue weighted by molar-refractivity contribution is 6.14. The molecule has 0 saturated carbocycles. The van der Waals surface area contributed by atoms with E-state index in [1.807, 2.05) is 60.7 Å². The van der Waals surface area contributed by atoms with E-state index in [-0.39, 0.29) is 6.61 Å². The number of amides is 1. The Morgan fingerprint density at radius 3 is 2.33 bits per heavy atom. The van der Waals surface area contributed by atoms with Crippen molar-refractivity contribution in [1.82, 2.24) is 5.32 Å². The summed E-state index contributed by atoms with van der Waals surface area (Å²) >= 11 is 0. The van der Waals surface area contributed by atoms with Gasteiger partial charge in [-0.25, -0.2) is 0 Å². The van der Waals surface area contributed by atoms with Gasteiger partial charge in [0.25, 0.3) is 0 Å². The molecule has 122 valence electrons. The van der Waals surface area contributed by atoms with Crippen LogP contribution < -0.4 is 5.32 Å². The van der Waals surface area contributed by atoms with Crippen molar-refractivity contribution in [3.05, 3.63) is 71.8 Å². The lowest BCUT2D eigenvalue weighted by molar-refractivity contribution is -0.153. The van der Waals surface area contributed by atoms with Crippen molar-refractivity contribution in [2.24, 2.45) is 10.9 Å². The summed E-state index contributed by atoms with van der Waals surface area (Å²) in [6.07, 6.45) is 0. The Balaban J connectivity index is 2.04. The maximum Gasteiger partial charge on any atom is 0.321 e. The SMILES string of the molecule is CCOC(=O)[C@@H]1C(=O)NC(c2ccccc2)=N[C@H]1c1ccccc1. The smallest absolute Gasteiger partial charge is 0.321 e. The van der Waals surface area contributed by atoms with E-state index in [2.05, 4.69) is 10.3 Å². The zero-order chi connectivity index (χ0) is 16.9. The quantitative estimate of drug-likeness (QED) is 0.694. The van der Waals surface area contributed by atoms with Crippen LogP contribution in [0.2, 0.25) is 0 Å². The summed E-state index contributed by atoms with van der Waals surface area (Å²) < 4.78 is 5.08. The molecule has 0 fully saturated rings. The number of carbonyl (C=O) groups excluding carboxylic acids is 2. The largest absolute Gasteiger partial charge is 0.465 e. The summed E-state index contributed by atoms with van der Waals surface area (Å²) in [7, 11) is 0. The van der Waals surface area contributed by atoms with Crippen LogP contribution in [-0.2, 0) is 14.3 Å². The van der Waals surface area contributed by atoms with E-state index in [9.17, 15) is 9.59 Å². The number of hydrogen-bond donors (Lipinski definition) is 1. The van der Waals surface area contributed by atoms with E-state index in [1.54, 1.807) is 6.92 Å². The van der Waals surface area contributed by atoms with Crippen molar-refractivity contribution in [2.45, 2.75) is 13.0 Å². The number of ether oxygens (including phenoxy) is 1. The third kappa shape index (κ3) is 3.20. The van der Waals surface area contributed by atoms with Gasteiger partial charge in [0.1, 0.15) is 5.84 Å².